The highest BCUT2D eigenvalue weighted by molar-refractivity contribution is 5.93. The van der Waals surface area contributed by atoms with E-state index >= 15 is 0 Å². The zero-order valence-electron chi connectivity index (χ0n) is 12.2. The third-order valence-electron chi connectivity index (χ3n) is 3.48. The first-order valence-corrected chi connectivity index (χ1v) is 7.30. The van der Waals surface area contributed by atoms with Crippen LogP contribution in [0.1, 0.15) is 16.2 Å². The number of nitrogens with zero attached hydrogens (tertiary/aromatic N) is 3. The van der Waals surface area contributed by atoms with Gasteiger partial charge < -0.3 is 15.0 Å². The number of hydrogen-bond acceptors (Lipinski definition) is 5. The normalized spacial score (nSPS) is 14.6. The topological polar surface area (TPSA) is 67.4 Å². The van der Waals surface area contributed by atoms with Crippen molar-refractivity contribution in [1.82, 2.24) is 14.9 Å². The number of pyridine rings is 2. The molecule has 1 amide bonds. The lowest BCUT2D eigenvalue weighted by molar-refractivity contribution is 0.0299. The molecule has 2 aromatic rings. The summed E-state index contributed by atoms with van der Waals surface area (Å²) in [6.45, 7) is 3.01. The van der Waals surface area contributed by atoms with Gasteiger partial charge in [0.2, 0.25) is 0 Å². The van der Waals surface area contributed by atoms with E-state index in [0.29, 0.717) is 38.5 Å². The molecule has 3 rings (SSSR count). The van der Waals surface area contributed by atoms with Gasteiger partial charge >= 0.3 is 0 Å². The molecule has 0 aliphatic carbocycles. The van der Waals surface area contributed by atoms with Crippen molar-refractivity contribution in [2.24, 2.45) is 0 Å². The Balaban J connectivity index is 1.65. The Hall–Kier alpha value is -2.47. The number of hydrogen-bond donors (Lipinski definition) is 1. The number of nitrogens with one attached hydrogen (secondary N) is 1. The molecule has 1 saturated heterocycles. The molecule has 6 heteroatoms. The minimum atomic E-state index is -0.0511. The molecule has 2 aromatic heterocycles. The number of carbonyl (C=O) groups is 1. The van der Waals surface area contributed by atoms with Gasteiger partial charge in [0.25, 0.3) is 5.91 Å². The molecule has 1 aliphatic rings. The number of carbonyl (C=O) groups excluding carboxylic acids is 1. The Morgan fingerprint density at radius 1 is 1.18 bits per heavy atom. The van der Waals surface area contributed by atoms with Gasteiger partial charge in [-0.3, -0.25) is 14.8 Å². The summed E-state index contributed by atoms with van der Waals surface area (Å²) in [5.41, 5.74) is 2.26. The van der Waals surface area contributed by atoms with Gasteiger partial charge in [-0.05, 0) is 24.3 Å². The lowest BCUT2D eigenvalue weighted by Crippen LogP contribution is -2.41. The number of amides is 1. The quantitative estimate of drug-likeness (QED) is 0.928. The van der Waals surface area contributed by atoms with Crippen LogP contribution in [0.4, 0.5) is 5.69 Å². The van der Waals surface area contributed by atoms with Crippen LogP contribution in [0.5, 0.6) is 0 Å². The van der Waals surface area contributed by atoms with Crippen LogP contribution in [0.25, 0.3) is 0 Å². The van der Waals surface area contributed by atoms with Crippen molar-refractivity contribution in [3.05, 3.63) is 54.1 Å². The third kappa shape index (κ3) is 3.59. The molecule has 3 heterocycles. The molecule has 0 spiro atoms. The van der Waals surface area contributed by atoms with Crippen molar-refractivity contribution in [1.29, 1.82) is 0 Å². The summed E-state index contributed by atoms with van der Waals surface area (Å²) in [4.78, 5) is 22.6. The van der Waals surface area contributed by atoms with E-state index in [1.54, 1.807) is 23.4 Å². The lowest BCUT2D eigenvalue weighted by atomic mass is 10.2. The Labute approximate surface area is 129 Å². The number of ether oxygens (including phenoxy) is 1. The summed E-state index contributed by atoms with van der Waals surface area (Å²) in [6.07, 6.45) is 3.41. The van der Waals surface area contributed by atoms with Gasteiger partial charge in [-0.15, -0.1) is 0 Å². The van der Waals surface area contributed by atoms with Crippen LogP contribution in [-0.2, 0) is 11.3 Å². The fourth-order valence-corrected chi connectivity index (χ4v) is 2.28. The van der Waals surface area contributed by atoms with Crippen molar-refractivity contribution in [3.8, 4) is 0 Å². The minimum absolute atomic E-state index is 0.0511. The third-order valence-corrected chi connectivity index (χ3v) is 3.48. The second-order valence-corrected chi connectivity index (χ2v) is 5.01. The molecule has 0 saturated carbocycles. The SMILES string of the molecule is O=C(c1cc(NCc2ccccn2)ccn1)N1CCOCC1. The highest BCUT2D eigenvalue weighted by Crippen LogP contribution is 2.12. The van der Waals surface area contributed by atoms with E-state index in [2.05, 4.69) is 15.3 Å². The summed E-state index contributed by atoms with van der Waals surface area (Å²) in [5.74, 6) is -0.0511. The summed E-state index contributed by atoms with van der Waals surface area (Å²) < 4.78 is 5.26. The fourth-order valence-electron chi connectivity index (χ4n) is 2.28. The summed E-state index contributed by atoms with van der Waals surface area (Å²) in [5, 5.41) is 3.26. The Morgan fingerprint density at radius 2 is 2.05 bits per heavy atom. The Kier molecular flexibility index (Phi) is 4.60. The Morgan fingerprint density at radius 3 is 2.82 bits per heavy atom. The monoisotopic (exact) mass is 298 g/mol. The summed E-state index contributed by atoms with van der Waals surface area (Å²) in [6, 6.07) is 9.41. The molecule has 1 N–H and O–H groups in total. The minimum Gasteiger partial charge on any atom is -0.379 e. The maximum atomic E-state index is 12.4. The van der Waals surface area contributed by atoms with Crippen molar-refractivity contribution >= 4 is 11.6 Å². The predicted octanol–water partition coefficient (Wildman–Crippen LogP) is 1.56. The van der Waals surface area contributed by atoms with Crippen LogP contribution in [0, 0.1) is 0 Å². The molecule has 0 aromatic carbocycles. The largest absolute Gasteiger partial charge is 0.379 e. The lowest BCUT2D eigenvalue weighted by Gasteiger charge is -2.26. The zero-order valence-corrected chi connectivity index (χ0v) is 12.2. The second-order valence-electron chi connectivity index (χ2n) is 5.01. The standard InChI is InChI=1S/C16H18N4O2/c21-16(20-7-9-22-10-8-20)15-11-13(4-6-18-15)19-12-14-3-1-2-5-17-14/h1-6,11H,7-10,12H2,(H,18,19). The molecular weight excluding hydrogens is 280 g/mol. The van der Waals surface area contributed by atoms with Crippen molar-refractivity contribution in [2.45, 2.75) is 6.54 Å². The van der Waals surface area contributed by atoms with Crippen LogP contribution >= 0.6 is 0 Å². The fraction of sp³-hybridized carbons (Fsp3) is 0.312. The van der Waals surface area contributed by atoms with Gasteiger partial charge in [0.1, 0.15) is 5.69 Å². The summed E-state index contributed by atoms with van der Waals surface area (Å²) in [7, 11) is 0. The summed E-state index contributed by atoms with van der Waals surface area (Å²) >= 11 is 0. The van der Waals surface area contributed by atoms with Crippen LogP contribution in [0.15, 0.2) is 42.7 Å². The molecule has 1 aliphatic heterocycles. The molecule has 1 fully saturated rings. The number of morpholine rings is 1. The molecule has 0 atom stereocenters. The molecule has 22 heavy (non-hydrogen) atoms. The number of aromatic nitrogens is 2. The van der Waals surface area contributed by atoms with Crippen LogP contribution in [0.3, 0.4) is 0 Å². The van der Waals surface area contributed by atoms with E-state index in [-0.39, 0.29) is 5.91 Å². The highest BCUT2D eigenvalue weighted by atomic mass is 16.5. The Bertz CT molecular complexity index is 627. The van der Waals surface area contributed by atoms with Gasteiger partial charge in [-0.2, -0.15) is 0 Å². The highest BCUT2D eigenvalue weighted by Gasteiger charge is 2.19. The number of anilines is 1. The van der Waals surface area contributed by atoms with Gasteiger partial charge in [0.15, 0.2) is 0 Å². The maximum absolute atomic E-state index is 12.4. The molecular formula is C16H18N4O2. The first kappa shape index (κ1) is 14.5. The van der Waals surface area contributed by atoms with E-state index in [1.807, 2.05) is 24.3 Å². The maximum Gasteiger partial charge on any atom is 0.272 e. The predicted molar refractivity (Wildman–Crippen MR) is 82.5 cm³/mol. The second kappa shape index (κ2) is 7.00. The number of rotatable bonds is 4. The van der Waals surface area contributed by atoms with Crippen molar-refractivity contribution in [3.63, 3.8) is 0 Å². The van der Waals surface area contributed by atoms with Crippen molar-refractivity contribution in [2.75, 3.05) is 31.6 Å². The molecule has 0 radical (unpaired) electrons. The molecule has 114 valence electrons. The molecule has 6 nitrogen and oxygen atoms in total. The van der Waals surface area contributed by atoms with Gasteiger partial charge in [0, 0.05) is 31.2 Å². The van der Waals surface area contributed by atoms with E-state index in [1.165, 1.54) is 0 Å². The van der Waals surface area contributed by atoms with E-state index in [4.69, 9.17) is 4.74 Å². The zero-order chi connectivity index (χ0) is 15.2. The van der Waals surface area contributed by atoms with Crippen LogP contribution in [-0.4, -0.2) is 47.1 Å². The molecule has 0 unspecified atom stereocenters. The van der Waals surface area contributed by atoms with Gasteiger partial charge in [-0.1, -0.05) is 6.07 Å². The van der Waals surface area contributed by atoms with E-state index in [0.717, 1.165) is 11.4 Å². The van der Waals surface area contributed by atoms with E-state index in [9.17, 15) is 4.79 Å². The average Bonchev–Trinajstić information content (AvgIpc) is 2.61. The first-order chi connectivity index (χ1) is 10.8. The van der Waals surface area contributed by atoms with Crippen molar-refractivity contribution < 1.29 is 9.53 Å². The smallest absolute Gasteiger partial charge is 0.272 e. The van der Waals surface area contributed by atoms with E-state index < -0.39 is 0 Å². The average molecular weight is 298 g/mol. The first-order valence-electron chi connectivity index (χ1n) is 7.30. The molecule has 0 bridgehead atoms. The van der Waals surface area contributed by atoms with Gasteiger partial charge in [0.05, 0.1) is 25.5 Å². The van der Waals surface area contributed by atoms with Crippen LogP contribution in [0.2, 0.25) is 0 Å². The van der Waals surface area contributed by atoms with Crippen LogP contribution < -0.4 is 5.32 Å². The van der Waals surface area contributed by atoms with Gasteiger partial charge in [-0.25, -0.2) is 0 Å².